The van der Waals surface area contributed by atoms with E-state index < -0.39 is 0 Å². The quantitative estimate of drug-likeness (QED) is 0.436. The van der Waals surface area contributed by atoms with Crippen molar-refractivity contribution >= 4 is 41.5 Å². The first-order valence-corrected chi connectivity index (χ1v) is 8.45. The van der Waals surface area contributed by atoms with E-state index in [9.17, 15) is 0 Å². The van der Waals surface area contributed by atoms with Crippen LogP contribution in [-0.2, 0) is 11.3 Å². The van der Waals surface area contributed by atoms with Gasteiger partial charge < -0.3 is 15.0 Å². The molecule has 128 valence electrons. The number of likely N-dealkylation sites (tertiary alicyclic amines) is 1. The van der Waals surface area contributed by atoms with Crippen LogP contribution in [0.25, 0.3) is 0 Å². The molecule has 1 N–H and O–H groups in total. The lowest BCUT2D eigenvalue weighted by molar-refractivity contribution is 0.156. The molecule has 1 unspecified atom stereocenters. The van der Waals surface area contributed by atoms with E-state index in [1.807, 2.05) is 24.3 Å². The first-order valence-electron chi connectivity index (χ1n) is 8.07. The molecule has 0 aliphatic carbocycles. The molecule has 2 saturated heterocycles. The van der Waals surface area contributed by atoms with Gasteiger partial charge in [-0.2, -0.15) is 0 Å². The monoisotopic (exact) mass is 449 g/mol. The first-order chi connectivity index (χ1) is 10.7. The first kappa shape index (κ1) is 18.8. The topological polar surface area (TPSA) is 36.9 Å². The lowest BCUT2D eigenvalue weighted by Crippen LogP contribution is -2.41. The summed E-state index contributed by atoms with van der Waals surface area (Å²) < 4.78 is 5.61. The highest BCUT2D eigenvalue weighted by molar-refractivity contribution is 14.0. The Morgan fingerprint density at radius 2 is 2.22 bits per heavy atom. The summed E-state index contributed by atoms with van der Waals surface area (Å²) in [4.78, 5) is 7.16. The summed E-state index contributed by atoms with van der Waals surface area (Å²) in [7, 11) is 0. The molecule has 3 rings (SSSR count). The van der Waals surface area contributed by atoms with E-state index in [0.29, 0.717) is 12.0 Å². The number of ether oxygens (including phenoxy) is 1. The molecule has 0 amide bonds. The number of nitrogens with one attached hydrogen (secondary N) is 1. The van der Waals surface area contributed by atoms with Gasteiger partial charge >= 0.3 is 0 Å². The van der Waals surface area contributed by atoms with Crippen molar-refractivity contribution in [1.82, 2.24) is 10.2 Å². The van der Waals surface area contributed by atoms with E-state index in [2.05, 4.69) is 17.1 Å². The van der Waals surface area contributed by atoms with Gasteiger partial charge in [-0.25, -0.2) is 4.99 Å². The number of aliphatic imine (C=N–C) groups is 1. The summed E-state index contributed by atoms with van der Waals surface area (Å²) in [6, 6.07) is 7.90. The molecule has 1 aromatic carbocycles. The average molecular weight is 450 g/mol. The highest BCUT2D eigenvalue weighted by atomic mass is 127. The second kappa shape index (κ2) is 8.53. The molecule has 2 heterocycles. The van der Waals surface area contributed by atoms with Gasteiger partial charge in [-0.15, -0.1) is 24.0 Å². The second-order valence-corrected chi connectivity index (χ2v) is 6.64. The minimum absolute atomic E-state index is 0. The fraction of sp³-hybridized carbons (Fsp3) is 0.588. The minimum atomic E-state index is 0. The molecule has 0 aromatic heterocycles. The third kappa shape index (κ3) is 4.51. The summed E-state index contributed by atoms with van der Waals surface area (Å²) in [5, 5.41) is 4.19. The standard InChI is InChI=1S/C17H24ClN3O.HI/c1-2-19-16(20-11-14-5-3-4-6-15(14)18)21-9-7-17(12-21)8-10-22-13-17;/h3-6H,2,7-13H2,1H3,(H,19,20);1H. The van der Waals surface area contributed by atoms with Gasteiger partial charge in [-0.1, -0.05) is 29.8 Å². The van der Waals surface area contributed by atoms with Gasteiger partial charge in [0.1, 0.15) is 0 Å². The Morgan fingerprint density at radius 1 is 1.39 bits per heavy atom. The summed E-state index contributed by atoms with van der Waals surface area (Å²) in [5.74, 6) is 0.992. The van der Waals surface area contributed by atoms with Crippen LogP contribution < -0.4 is 5.32 Å². The Kier molecular flexibility index (Phi) is 6.98. The lowest BCUT2D eigenvalue weighted by Gasteiger charge is -2.25. The van der Waals surface area contributed by atoms with Gasteiger partial charge in [-0.3, -0.25) is 0 Å². The van der Waals surface area contributed by atoms with Gasteiger partial charge in [0, 0.05) is 36.7 Å². The SMILES string of the molecule is CCNC(=NCc1ccccc1Cl)N1CCC2(CCOC2)C1.I. The number of benzene rings is 1. The number of rotatable bonds is 3. The van der Waals surface area contributed by atoms with Gasteiger partial charge in [0.2, 0.25) is 0 Å². The summed E-state index contributed by atoms with van der Waals surface area (Å²) in [6.45, 7) is 7.49. The highest BCUT2D eigenvalue weighted by Gasteiger charge is 2.42. The van der Waals surface area contributed by atoms with Crippen LogP contribution in [0, 0.1) is 5.41 Å². The minimum Gasteiger partial charge on any atom is -0.381 e. The maximum absolute atomic E-state index is 6.22. The third-order valence-electron chi connectivity index (χ3n) is 4.61. The molecule has 0 saturated carbocycles. The van der Waals surface area contributed by atoms with Crippen molar-refractivity contribution in [1.29, 1.82) is 0 Å². The van der Waals surface area contributed by atoms with E-state index in [1.54, 1.807) is 0 Å². The molecule has 1 aromatic rings. The molecule has 2 fully saturated rings. The van der Waals surface area contributed by atoms with Gasteiger partial charge in [0.15, 0.2) is 5.96 Å². The van der Waals surface area contributed by atoms with Crippen molar-refractivity contribution in [3.05, 3.63) is 34.9 Å². The summed E-state index contributed by atoms with van der Waals surface area (Å²) >= 11 is 6.22. The van der Waals surface area contributed by atoms with E-state index in [1.165, 1.54) is 12.8 Å². The number of hydrogen-bond donors (Lipinski definition) is 1. The van der Waals surface area contributed by atoms with Crippen molar-refractivity contribution in [3.63, 3.8) is 0 Å². The number of halogens is 2. The predicted octanol–water partition coefficient (Wildman–Crippen LogP) is 3.54. The van der Waals surface area contributed by atoms with Gasteiger partial charge in [-0.05, 0) is 31.4 Å². The van der Waals surface area contributed by atoms with Crippen LogP contribution in [0.2, 0.25) is 5.02 Å². The Morgan fingerprint density at radius 3 is 2.91 bits per heavy atom. The molecule has 0 bridgehead atoms. The molecule has 2 aliphatic rings. The van der Waals surface area contributed by atoms with E-state index in [0.717, 1.165) is 49.4 Å². The molecule has 2 aliphatic heterocycles. The van der Waals surface area contributed by atoms with Crippen molar-refractivity contribution < 1.29 is 4.74 Å². The van der Waals surface area contributed by atoms with E-state index in [-0.39, 0.29) is 24.0 Å². The molecule has 6 heteroatoms. The Hall–Kier alpha value is -0.530. The Balaban J connectivity index is 0.00000192. The van der Waals surface area contributed by atoms with Crippen LogP contribution in [-0.4, -0.2) is 43.7 Å². The molecular formula is C17H25ClIN3O. The van der Waals surface area contributed by atoms with Crippen molar-refractivity contribution in [2.24, 2.45) is 10.4 Å². The smallest absolute Gasteiger partial charge is 0.194 e. The number of nitrogens with zero attached hydrogens (tertiary/aromatic N) is 2. The van der Waals surface area contributed by atoms with Crippen LogP contribution in [0.3, 0.4) is 0 Å². The maximum atomic E-state index is 6.22. The summed E-state index contributed by atoms with van der Waals surface area (Å²) in [6.07, 6.45) is 2.37. The zero-order valence-corrected chi connectivity index (χ0v) is 16.6. The Labute approximate surface area is 160 Å². The maximum Gasteiger partial charge on any atom is 0.194 e. The molecule has 4 nitrogen and oxygen atoms in total. The summed E-state index contributed by atoms with van der Waals surface area (Å²) in [5.41, 5.74) is 1.42. The number of hydrogen-bond acceptors (Lipinski definition) is 2. The fourth-order valence-corrected chi connectivity index (χ4v) is 3.50. The van der Waals surface area contributed by atoms with E-state index >= 15 is 0 Å². The highest BCUT2D eigenvalue weighted by Crippen LogP contribution is 2.38. The van der Waals surface area contributed by atoms with Crippen LogP contribution in [0.1, 0.15) is 25.3 Å². The zero-order valence-electron chi connectivity index (χ0n) is 13.6. The predicted molar refractivity (Wildman–Crippen MR) is 106 cm³/mol. The largest absolute Gasteiger partial charge is 0.381 e. The molecule has 1 spiro atoms. The normalized spacial score (nSPS) is 24.1. The third-order valence-corrected chi connectivity index (χ3v) is 4.98. The van der Waals surface area contributed by atoms with Crippen LogP contribution in [0.4, 0.5) is 0 Å². The molecule has 23 heavy (non-hydrogen) atoms. The molecular weight excluding hydrogens is 425 g/mol. The van der Waals surface area contributed by atoms with Crippen molar-refractivity contribution in [2.45, 2.75) is 26.3 Å². The van der Waals surface area contributed by atoms with Crippen molar-refractivity contribution in [2.75, 3.05) is 32.8 Å². The van der Waals surface area contributed by atoms with Crippen LogP contribution in [0.5, 0.6) is 0 Å². The van der Waals surface area contributed by atoms with Gasteiger partial charge in [0.05, 0.1) is 13.2 Å². The fourth-order valence-electron chi connectivity index (χ4n) is 3.30. The zero-order chi connectivity index (χ0) is 15.4. The number of guanidine groups is 1. The van der Waals surface area contributed by atoms with Gasteiger partial charge in [0.25, 0.3) is 0 Å². The molecule has 1 atom stereocenters. The average Bonchev–Trinajstić information content (AvgIpc) is 3.16. The van der Waals surface area contributed by atoms with Crippen molar-refractivity contribution in [3.8, 4) is 0 Å². The van der Waals surface area contributed by atoms with E-state index in [4.69, 9.17) is 21.3 Å². The Bertz CT molecular complexity index is 546. The second-order valence-electron chi connectivity index (χ2n) is 6.24. The molecule has 0 radical (unpaired) electrons. The van der Waals surface area contributed by atoms with Crippen LogP contribution >= 0.6 is 35.6 Å². The van der Waals surface area contributed by atoms with Crippen LogP contribution in [0.15, 0.2) is 29.3 Å². The lowest BCUT2D eigenvalue weighted by atomic mass is 9.87.